The van der Waals surface area contributed by atoms with Crippen molar-refractivity contribution in [2.24, 2.45) is 0 Å². The van der Waals surface area contributed by atoms with Gasteiger partial charge in [0.2, 0.25) is 0 Å². The second-order valence-electron chi connectivity index (χ2n) is 4.20. The summed E-state index contributed by atoms with van der Waals surface area (Å²) in [6, 6.07) is 3.86. The number of alkyl halides is 1. The third-order valence-electron chi connectivity index (χ3n) is 2.57. The van der Waals surface area contributed by atoms with Crippen molar-refractivity contribution in [1.29, 1.82) is 0 Å². The summed E-state index contributed by atoms with van der Waals surface area (Å²) in [5.74, 6) is 2.00. The van der Waals surface area contributed by atoms with E-state index in [1.807, 2.05) is 32.9 Å². The van der Waals surface area contributed by atoms with E-state index in [1.54, 1.807) is 0 Å². The molecular weight excluding hydrogens is 303 g/mol. The quantitative estimate of drug-likeness (QED) is 0.741. The van der Waals surface area contributed by atoms with Crippen LogP contribution < -0.4 is 4.74 Å². The number of ether oxygens (including phenoxy) is 1. The number of benzene rings is 1. The Labute approximate surface area is 114 Å². The van der Waals surface area contributed by atoms with Crippen molar-refractivity contribution in [1.82, 2.24) is 0 Å². The van der Waals surface area contributed by atoms with Crippen molar-refractivity contribution in [3.05, 3.63) is 27.9 Å². The maximum absolute atomic E-state index is 5.86. The molecule has 0 aliphatic rings. The molecule has 0 radical (unpaired) electrons. The lowest BCUT2D eigenvalue weighted by atomic mass is 10.1. The normalized spacial score (nSPS) is 11.4. The number of hydrogen-bond acceptors (Lipinski definition) is 2. The standard InChI is InChI=1S/C13H14BrClO2/c1-7(2)16-13-9(14)4-5-10-12(13)8(3)11(6-15)17-10/h4-5,7H,6H2,1-3H3. The average molecular weight is 318 g/mol. The first-order valence-corrected chi connectivity index (χ1v) is 6.80. The Kier molecular flexibility index (Phi) is 3.69. The van der Waals surface area contributed by atoms with Crippen molar-refractivity contribution >= 4 is 38.5 Å². The highest BCUT2D eigenvalue weighted by molar-refractivity contribution is 9.10. The second-order valence-corrected chi connectivity index (χ2v) is 5.32. The van der Waals surface area contributed by atoms with Gasteiger partial charge in [-0.1, -0.05) is 0 Å². The minimum absolute atomic E-state index is 0.116. The molecule has 4 heteroatoms. The van der Waals surface area contributed by atoms with E-state index in [4.69, 9.17) is 20.8 Å². The molecule has 2 rings (SSSR count). The highest BCUT2D eigenvalue weighted by Crippen LogP contribution is 2.39. The van der Waals surface area contributed by atoms with Gasteiger partial charge in [0.25, 0.3) is 0 Å². The number of furan rings is 1. The first kappa shape index (κ1) is 12.8. The molecule has 1 aromatic carbocycles. The van der Waals surface area contributed by atoms with Gasteiger partial charge in [-0.2, -0.15) is 0 Å². The molecule has 1 heterocycles. The third kappa shape index (κ3) is 2.31. The van der Waals surface area contributed by atoms with Crippen LogP contribution in [0, 0.1) is 6.92 Å². The molecule has 0 unspecified atom stereocenters. The molecule has 0 aliphatic heterocycles. The Morgan fingerprint density at radius 3 is 2.71 bits per heavy atom. The maximum Gasteiger partial charge on any atom is 0.145 e. The number of halogens is 2. The monoisotopic (exact) mass is 316 g/mol. The van der Waals surface area contributed by atoms with Crippen LogP contribution in [0.15, 0.2) is 21.0 Å². The Morgan fingerprint density at radius 2 is 2.12 bits per heavy atom. The lowest BCUT2D eigenvalue weighted by molar-refractivity contribution is 0.244. The lowest BCUT2D eigenvalue weighted by Crippen LogP contribution is -2.06. The third-order valence-corrected chi connectivity index (χ3v) is 3.44. The molecule has 0 fully saturated rings. The van der Waals surface area contributed by atoms with Gasteiger partial charge in [0.05, 0.1) is 21.8 Å². The van der Waals surface area contributed by atoms with Crippen molar-refractivity contribution in [2.45, 2.75) is 32.8 Å². The van der Waals surface area contributed by atoms with E-state index < -0.39 is 0 Å². The van der Waals surface area contributed by atoms with Crippen LogP contribution in [0.3, 0.4) is 0 Å². The van der Waals surface area contributed by atoms with Crippen LogP contribution in [0.1, 0.15) is 25.2 Å². The van der Waals surface area contributed by atoms with Crippen molar-refractivity contribution in [3.63, 3.8) is 0 Å². The number of aryl methyl sites for hydroxylation is 1. The SMILES string of the molecule is Cc1c(CCl)oc2ccc(Br)c(OC(C)C)c12. The van der Waals surface area contributed by atoms with Crippen LogP contribution >= 0.6 is 27.5 Å². The van der Waals surface area contributed by atoms with E-state index in [2.05, 4.69) is 15.9 Å². The zero-order valence-corrected chi connectivity index (χ0v) is 12.4. The molecule has 0 saturated carbocycles. The fourth-order valence-electron chi connectivity index (χ4n) is 1.81. The topological polar surface area (TPSA) is 22.4 Å². The molecule has 0 spiro atoms. The van der Waals surface area contributed by atoms with Gasteiger partial charge in [-0.15, -0.1) is 11.6 Å². The first-order chi connectivity index (χ1) is 8.04. The maximum atomic E-state index is 5.86. The molecule has 0 N–H and O–H groups in total. The highest BCUT2D eigenvalue weighted by Gasteiger charge is 2.17. The van der Waals surface area contributed by atoms with E-state index in [0.717, 1.165) is 32.5 Å². The average Bonchev–Trinajstić information content (AvgIpc) is 2.59. The smallest absolute Gasteiger partial charge is 0.145 e. The number of rotatable bonds is 3. The molecule has 17 heavy (non-hydrogen) atoms. The molecule has 1 aromatic heterocycles. The predicted molar refractivity (Wildman–Crippen MR) is 74.0 cm³/mol. The summed E-state index contributed by atoms with van der Waals surface area (Å²) in [7, 11) is 0. The van der Waals surface area contributed by atoms with Gasteiger partial charge in [0.15, 0.2) is 0 Å². The first-order valence-electron chi connectivity index (χ1n) is 5.47. The summed E-state index contributed by atoms with van der Waals surface area (Å²) < 4.78 is 12.5. The van der Waals surface area contributed by atoms with Crippen molar-refractivity contribution in [2.75, 3.05) is 0 Å². The molecule has 0 atom stereocenters. The molecule has 92 valence electrons. The zero-order valence-electron chi connectivity index (χ0n) is 10.0. The summed E-state index contributed by atoms with van der Waals surface area (Å²) in [6.45, 7) is 6.01. The van der Waals surface area contributed by atoms with Crippen molar-refractivity contribution in [3.8, 4) is 5.75 Å². The molecule has 2 nitrogen and oxygen atoms in total. The zero-order chi connectivity index (χ0) is 12.6. The lowest BCUT2D eigenvalue weighted by Gasteiger charge is -2.12. The van der Waals surface area contributed by atoms with Crippen LogP contribution in [-0.4, -0.2) is 6.10 Å². The Balaban J connectivity index is 2.70. The van der Waals surface area contributed by atoms with Gasteiger partial charge in [-0.25, -0.2) is 0 Å². The summed E-state index contributed by atoms with van der Waals surface area (Å²) in [4.78, 5) is 0. The highest BCUT2D eigenvalue weighted by atomic mass is 79.9. The fourth-order valence-corrected chi connectivity index (χ4v) is 2.49. The minimum Gasteiger partial charge on any atom is -0.489 e. The molecule has 0 bridgehead atoms. The fraction of sp³-hybridized carbons (Fsp3) is 0.385. The summed E-state index contributed by atoms with van der Waals surface area (Å²) >= 11 is 9.37. The van der Waals surface area contributed by atoms with E-state index in [0.29, 0.717) is 5.88 Å². The molecular formula is C13H14BrClO2. The molecule has 0 amide bonds. The van der Waals surface area contributed by atoms with Gasteiger partial charge in [0, 0.05) is 5.56 Å². The van der Waals surface area contributed by atoms with Crippen LogP contribution in [0.4, 0.5) is 0 Å². The van der Waals surface area contributed by atoms with E-state index in [-0.39, 0.29) is 6.10 Å². The Hall–Kier alpha value is -0.670. The van der Waals surface area contributed by atoms with Gasteiger partial charge < -0.3 is 9.15 Å². The van der Waals surface area contributed by atoms with Crippen LogP contribution in [0.5, 0.6) is 5.75 Å². The van der Waals surface area contributed by atoms with E-state index in [9.17, 15) is 0 Å². The number of hydrogen-bond donors (Lipinski definition) is 0. The number of fused-ring (bicyclic) bond motifs is 1. The van der Waals surface area contributed by atoms with Gasteiger partial charge in [-0.3, -0.25) is 0 Å². The van der Waals surface area contributed by atoms with Gasteiger partial charge in [0.1, 0.15) is 17.1 Å². The summed E-state index contributed by atoms with van der Waals surface area (Å²) in [5, 5.41) is 1.00. The summed E-state index contributed by atoms with van der Waals surface area (Å²) in [5.41, 5.74) is 1.86. The minimum atomic E-state index is 0.116. The Morgan fingerprint density at radius 1 is 1.41 bits per heavy atom. The van der Waals surface area contributed by atoms with Crippen molar-refractivity contribution < 1.29 is 9.15 Å². The summed E-state index contributed by atoms with van der Waals surface area (Å²) in [6.07, 6.45) is 0.116. The molecule has 2 aromatic rings. The van der Waals surface area contributed by atoms with Gasteiger partial charge in [-0.05, 0) is 48.8 Å². The Bertz CT molecular complexity index is 546. The van der Waals surface area contributed by atoms with Gasteiger partial charge >= 0.3 is 0 Å². The second kappa shape index (κ2) is 4.91. The van der Waals surface area contributed by atoms with Crippen LogP contribution in [0.25, 0.3) is 11.0 Å². The molecule has 0 saturated heterocycles. The van der Waals surface area contributed by atoms with Crippen LogP contribution in [0.2, 0.25) is 0 Å². The van der Waals surface area contributed by atoms with E-state index in [1.165, 1.54) is 0 Å². The van der Waals surface area contributed by atoms with E-state index >= 15 is 0 Å². The largest absolute Gasteiger partial charge is 0.489 e. The molecule has 0 aliphatic carbocycles. The van der Waals surface area contributed by atoms with Crippen LogP contribution in [-0.2, 0) is 5.88 Å². The predicted octanol–water partition coefficient (Wildman–Crippen LogP) is 5.03.